The highest BCUT2D eigenvalue weighted by Gasteiger charge is 2.31. The van der Waals surface area contributed by atoms with Gasteiger partial charge in [0, 0.05) is 9.65 Å². The van der Waals surface area contributed by atoms with E-state index < -0.39 is 0 Å². The summed E-state index contributed by atoms with van der Waals surface area (Å²) in [6.07, 6.45) is 4.68. The van der Waals surface area contributed by atoms with Crippen LogP contribution in [-0.4, -0.2) is 0 Å². The molecule has 0 N–H and O–H groups in total. The van der Waals surface area contributed by atoms with E-state index in [1.54, 1.807) is 0 Å². The topological polar surface area (TPSA) is 0 Å². The second kappa shape index (κ2) is 8.61. The summed E-state index contributed by atoms with van der Waals surface area (Å²) in [6.45, 7) is 2.39. The number of hydrogen-bond donors (Lipinski definition) is 0. The zero-order valence-corrected chi connectivity index (χ0v) is 18.6. The number of benzene rings is 4. The average Bonchev–Trinajstić information content (AvgIpc) is 2.85. The van der Waals surface area contributed by atoms with Crippen LogP contribution < -0.4 is 0 Å². The van der Waals surface area contributed by atoms with Crippen molar-refractivity contribution < 1.29 is 0 Å². The minimum Gasteiger partial charge on any atom is -0.114 e. The molecular weight excluding hydrogens is 392 g/mol. The van der Waals surface area contributed by atoms with E-state index in [1.165, 1.54) is 38.3 Å². The minimum atomic E-state index is 0.0946. The van der Waals surface area contributed by atoms with Gasteiger partial charge in [0.15, 0.2) is 0 Å². The van der Waals surface area contributed by atoms with Crippen molar-refractivity contribution >= 4 is 16.7 Å². The third kappa shape index (κ3) is 4.24. The largest absolute Gasteiger partial charge is 0.114 e. The van der Waals surface area contributed by atoms with E-state index in [4.69, 9.17) is 0 Å². The lowest BCUT2D eigenvalue weighted by Crippen LogP contribution is -2.19. The highest BCUT2D eigenvalue weighted by Crippen LogP contribution is 2.51. The summed E-state index contributed by atoms with van der Waals surface area (Å²) in [5.41, 5.74) is 7.81. The van der Waals surface area contributed by atoms with Gasteiger partial charge in [-0.25, -0.2) is 0 Å². The Morgan fingerprint density at radius 3 is 1.55 bits per heavy atom. The van der Waals surface area contributed by atoms with Gasteiger partial charge in [-0.3, -0.25) is 0 Å². The van der Waals surface area contributed by atoms with Crippen LogP contribution in [0.4, 0.5) is 0 Å². The van der Waals surface area contributed by atoms with Gasteiger partial charge >= 0.3 is 0 Å². The maximum atomic E-state index is 2.41. The van der Waals surface area contributed by atoms with Crippen LogP contribution in [0.3, 0.4) is 0 Å². The fourth-order valence-electron chi connectivity index (χ4n) is 4.30. The lowest BCUT2D eigenvalue weighted by atomic mass is 9.92. The van der Waals surface area contributed by atoms with E-state index in [2.05, 4.69) is 122 Å². The zero-order chi connectivity index (χ0) is 21.1. The van der Waals surface area contributed by atoms with E-state index in [9.17, 15) is 0 Å². The lowest BCUT2D eigenvalue weighted by Gasteiger charge is -2.34. The first-order chi connectivity index (χ1) is 15.2. The van der Waals surface area contributed by atoms with E-state index in [0.717, 1.165) is 12.8 Å². The van der Waals surface area contributed by atoms with Gasteiger partial charge in [0.25, 0.3) is 0 Å². The van der Waals surface area contributed by atoms with Gasteiger partial charge in [0.2, 0.25) is 0 Å². The molecule has 1 unspecified atom stereocenters. The SMILES string of the molecule is CC1(c2ccc(-c3ccccc3)cc2)CCC=C(c2ccc(-c3ccccc3)cc2)S1. The Balaban J connectivity index is 1.36. The van der Waals surface area contributed by atoms with Crippen LogP contribution in [0.1, 0.15) is 30.9 Å². The van der Waals surface area contributed by atoms with Crippen LogP contribution in [0.2, 0.25) is 0 Å². The van der Waals surface area contributed by atoms with Gasteiger partial charge < -0.3 is 0 Å². The highest BCUT2D eigenvalue weighted by molar-refractivity contribution is 8.09. The summed E-state index contributed by atoms with van der Waals surface area (Å²) in [7, 11) is 0. The fourth-order valence-corrected chi connectivity index (χ4v) is 5.71. The molecule has 1 aliphatic heterocycles. The van der Waals surface area contributed by atoms with Crippen molar-refractivity contribution in [3.05, 3.63) is 126 Å². The molecule has 0 bridgehead atoms. The van der Waals surface area contributed by atoms with Gasteiger partial charge in [0.05, 0.1) is 0 Å². The van der Waals surface area contributed by atoms with Crippen molar-refractivity contribution in [3.8, 4) is 22.3 Å². The van der Waals surface area contributed by atoms with Crippen molar-refractivity contribution in [1.29, 1.82) is 0 Å². The van der Waals surface area contributed by atoms with E-state index >= 15 is 0 Å². The second-order valence-corrected chi connectivity index (χ2v) is 9.87. The average molecular weight is 419 g/mol. The van der Waals surface area contributed by atoms with Gasteiger partial charge in [-0.1, -0.05) is 115 Å². The van der Waals surface area contributed by atoms with Crippen molar-refractivity contribution in [2.24, 2.45) is 0 Å². The Morgan fingerprint density at radius 1 is 0.548 bits per heavy atom. The fraction of sp³-hybridized carbons (Fsp3) is 0.133. The molecule has 0 amide bonds. The molecule has 4 aromatic carbocycles. The summed E-state index contributed by atoms with van der Waals surface area (Å²) in [5, 5.41) is 0. The normalized spacial score (nSPS) is 18.4. The Morgan fingerprint density at radius 2 is 1.00 bits per heavy atom. The molecule has 0 aliphatic carbocycles. The Labute approximate surface area is 189 Å². The van der Waals surface area contributed by atoms with E-state index in [0.29, 0.717) is 0 Å². The molecule has 152 valence electrons. The highest BCUT2D eigenvalue weighted by atomic mass is 32.2. The number of thioether (sulfide) groups is 1. The van der Waals surface area contributed by atoms with Gasteiger partial charge in [-0.15, -0.1) is 11.8 Å². The molecule has 0 nitrogen and oxygen atoms in total. The smallest absolute Gasteiger partial charge is 0.0430 e. The summed E-state index contributed by atoms with van der Waals surface area (Å²) in [4.78, 5) is 1.39. The predicted molar refractivity (Wildman–Crippen MR) is 136 cm³/mol. The molecule has 5 rings (SSSR count). The van der Waals surface area contributed by atoms with E-state index in [1.807, 2.05) is 11.8 Å². The number of hydrogen-bond acceptors (Lipinski definition) is 1. The first kappa shape index (κ1) is 19.9. The summed E-state index contributed by atoms with van der Waals surface area (Å²) >= 11 is 2.00. The molecule has 0 spiro atoms. The van der Waals surface area contributed by atoms with Gasteiger partial charge in [-0.2, -0.15) is 0 Å². The quantitative estimate of drug-likeness (QED) is 0.319. The van der Waals surface area contributed by atoms with Crippen LogP contribution >= 0.6 is 11.8 Å². The van der Waals surface area contributed by atoms with Gasteiger partial charge in [0.1, 0.15) is 0 Å². The lowest BCUT2D eigenvalue weighted by molar-refractivity contribution is 0.628. The third-order valence-electron chi connectivity index (χ3n) is 6.17. The molecule has 1 atom stereocenters. The monoisotopic (exact) mass is 418 g/mol. The molecule has 31 heavy (non-hydrogen) atoms. The minimum absolute atomic E-state index is 0.0946. The zero-order valence-electron chi connectivity index (χ0n) is 17.8. The first-order valence-corrected chi connectivity index (χ1v) is 11.7. The van der Waals surface area contributed by atoms with Crippen LogP contribution in [0.25, 0.3) is 27.2 Å². The van der Waals surface area contributed by atoms with Crippen LogP contribution in [0, 0.1) is 0 Å². The van der Waals surface area contributed by atoms with E-state index in [-0.39, 0.29) is 4.75 Å². The van der Waals surface area contributed by atoms with Crippen LogP contribution in [-0.2, 0) is 4.75 Å². The first-order valence-electron chi connectivity index (χ1n) is 10.9. The Kier molecular flexibility index (Phi) is 5.53. The maximum Gasteiger partial charge on any atom is 0.0430 e. The molecule has 0 saturated carbocycles. The molecule has 4 aromatic rings. The summed E-state index contributed by atoms with van der Waals surface area (Å²) in [5.74, 6) is 0. The molecule has 0 aromatic heterocycles. The van der Waals surface area contributed by atoms with Crippen molar-refractivity contribution in [1.82, 2.24) is 0 Å². The summed E-state index contributed by atoms with van der Waals surface area (Å²) in [6, 6.07) is 39.4. The third-order valence-corrected chi connectivity index (χ3v) is 7.68. The van der Waals surface area contributed by atoms with Crippen molar-refractivity contribution in [2.75, 3.05) is 0 Å². The maximum absolute atomic E-state index is 2.41. The van der Waals surface area contributed by atoms with Crippen molar-refractivity contribution in [2.45, 2.75) is 24.5 Å². The molecule has 0 saturated heterocycles. The predicted octanol–water partition coefficient (Wildman–Crippen LogP) is 8.80. The van der Waals surface area contributed by atoms with Crippen molar-refractivity contribution in [3.63, 3.8) is 0 Å². The molecule has 1 aliphatic rings. The number of allylic oxidation sites excluding steroid dienone is 1. The Bertz CT molecular complexity index is 1170. The van der Waals surface area contributed by atoms with Crippen LogP contribution in [0.5, 0.6) is 0 Å². The Hall–Kier alpha value is -3.03. The second-order valence-electron chi connectivity index (χ2n) is 8.33. The molecule has 1 heterocycles. The van der Waals surface area contributed by atoms with Crippen LogP contribution in [0.15, 0.2) is 115 Å². The summed E-state index contributed by atoms with van der Waals surface area (Å²) < 4.78 is 0.0946. The van der Waals surface area contributed by atoms with Gasteiger partial charge in [-0.05, 0) is 53.1 Å². The molecule has 0 fully saturated rings. The molecular formula is C30H26S. The molecule has 0 radical (unpaired) electrons. The number of rotatable bonds is 4. The standard InChI is InChI=1S/C30H26S/c1-30(28-20-18-26(19-21-28)24-11-6-3-7-12-24)22-8-13-29(31-30)27-16-14-25(15-17-27)23-9-4-2-5-10-23/h2-7,9-21H,8,22H2,1H3. The molecule has 1 heteroatoms.